The van der Waals surface area contributed by atoms with Gasteiger partial charge in [0, 0.05) is 16.6 Å². The summed E-state index contributed by atoms with van der Waals surface area (Å²) in [5.74, 6) is 0.0238. The molecule has 2 N–H and O–H groups in total. The van der Waals surface area contributed by atoms with Crippen LogP contribution in [0.15, 0.2) is 22.7 Å². The van der Waals surface area contributed by atoms with E-state index in [1.807, 2.05) is 27.7 Å². The van der Waals surface area contributed by atoms with E-state index >= 15 is 0 Å². The van der Waals surface area contributed by atoms with E-state index < -0.39 is 0 Å². The molecule has 4 heteroatoms. The fraction of sp³-hybridized carbons (Fsp3) is 0.533. The summed E-state index contributed by atoms with van der Waals surface area (Å²) in [5.41, 5.74) is 2.17. The summed E-state index contributed by atoms with van der Waals surface area (Å²) in [6, 6.07) is 6.01. The van der Waals surface area contributed by atoms with Crippen molar-refractivity contribution >= 4 is 21.8 Å². The third kappa shape index (κ3) is 5.74. The molecule has 1 aromatic carbocycles. The molecule has 0 radical (unpaired) electrons. The minimum atomic E-state index is -0.215. The van der Waals surface area contributed by atoms with Crippen molar-refractivity contribution in [3.63, 3.8) is 0 Å². The Labute approximate surface area is 124 Å². The smallest absolute Gasteiger partial charge is 0.237 e. The Morgan fingerprint density at radius 2 is 2.00 bits per heavy atom. The number of rotatable bonds is 4. The second-order valence-electron chi connectivity index (χ2n) is 5.94. The van der Waals surface area contributed by atoms with E-state index in [1.165, 1.54) is 5.56 Å². The minimum Gasteiger partial charge on any atom is -0.350 e. The average Bonchev–Trinajstić information content (AvgIpc) is 2.25. The van der Waals surface area contributed by atoms with Crippen LogP contribution in [0.1, 0.15) is 38.8 Å². The van der Waals surface area contributed by atoms with Gasteiger partial charge in [-0.3, -0.25) is 4.79 Å². The zero-order chi connectivity index (χ0) is 14.6. The predicted molar refractivity (Wildman–Crippen MR) is 83.1 cm³/mol. The summed E-state index contributed by atoms with van der Waals surface area (Å²) in [6.07, 6.45) is 0. The zero-order valence-electron chi connectivity index (χ0n) is 12.3. The van der Waals surface area contributed by atoms with Crippen LogP contribution in [-0.2, 0) is 11.3 Å². The highest BCUT2D eigenvalue weighted by Gasteiger charge is 2.18. The monoisotopic (exact) mass is 326 g/mol. The third-order valence-electron chi connectivity index (χ3n) is 2.70. The summed E-state index contributed by atoms with van der Waals surface area (Å²) >= 11 is 3.54. The fourth-order valence-electron chi connectivity index (χ4n) is 1.63. The first-order valence-corrected chi connectivity index (χ1v) is 7.29. The zero-order valence-corrected chi connectivity index (χ0v) is 13.9. The van der Waals surface area contributed by atoms with Crippen molar-refractivity contribution in [2.75, 3.05) is 0 Å². The number of carbonyl (C=O) groups is 1. The molecule has 19 heavy (non-hydrogen) atoms. The molecule has 0 heterocycles. The van der Waals surface area contributed by atoms with Crippen LogP contribution < -0.4 is 10.6 Å². The van der Waals surface area contributed by atoms with Crippen molar-refractivity contribution in [3.05, 3.63) is 33.8 Å². The Morgan fingerprint density at radius 1 is 1.37 bits per heavy atom. The van der Waals surface area contributed by atoms with Crippen molar-refractivity contribution in [2.24, 2.45) is 0 Å². The van der Waals surface area contributed by atoms with E-state index in [0.717, 1.165) is 10.0 Å². The van der Waals surface area contributed by atoms with E-state index in [2.05, 4.69) is 51.7 Å². The lowest BCUT2D eigenvalue weighted by Crippen LogP contribution is -2.49. The number of benzene rings is 1. The molecule has 1 unspecified atom stereocenters. The highest BCUT2D eigenvalue weighted by molar-refractivity contribution is 9.10. The maximum atomic E-state index is 11.9. The molecule has 1 amide bonds. The van der Waals surface area contributed by atoms with Gasteiger partial charge in [0.25, 0.3) is 0 Å². The van der Waals surface area contributed by atoms with Crippen molar-refractivity contribution in [1.29, 1.82) is 0 Å². The third-order valence-corrected chi connectivity index (χ3v) is 3.44. The lowest BCUT2D eigenvalue weighted by Gasteiger charge is -2.23. The van der Waals surface area contributed by atoms with Crippen LogP contribution in [0.5, 0.6) is 0 Å². The number of carbonyl (C=O) groups excluding carboxylic acids is 1. The Kier molecular flexibility index (Phi) is 5.56. The van der Waals surface area contributed by atoms with Gasteiger partial charge in [0.15, 0.2) is 0 Å². The van der Waals surface area contributed by atoms with Crippen LogP contribution in [0.3, 0.4) is 0 Å². The predicted octanol–water partition coefficient (Wildman–Crippen LogP) is 3.15. The molecule has 106 valence electrons. The first kappa shape index (κ1) is 16.2. The molecule has 1 aromatic rings. The highest BCUT2D eigenvalue weighted by atomic mass is 79.9. The fourth-order valence-corrected chi connectivity index (χ4v) is 2.26. The molecule has 1 atom stereocenters. The van der Waals surface area contributed by atoms with Gasteiger partial charge in [-0.2, -0.15) is 0 Å². The van der Waals surface area contributed by atoms with Crippen LogP contribution in [0, 0.1) is 6.92 Å². The van der Waals surface area contributed by atoms with Crippen molar-refractivity contribution in [3.8, 4) is 0 Å². The van der Waals surface area contributed by atoms with Crippen LogP contribution in [0.2, 0.25) is 0 Å². The van der Waals surface area contributed by atoms with Crippen molar-refractivity contribution < 1.29 is 4.79 Å². The molecule has 0 aromatic heterocycles. The van der Waals surface area contributed by atoms with Gasteiger partial charge >= 0.3 is 0 Å². The van der Waals surface area contributed by atoms with Gasteiger partial charge in [-0.1, -0.05) is 28.1 Å². The quantitative estimate of drug-likeness (QED) is 0.892. The second-order valence-corrected chi connectivity index (χ2v) is 6.79. The Balaban J connectivity index is 2.54. The van der Waals surface area contributed by atoms with Crippen molar-refractivity contribution in [1.82, 2.24) is 10.6 Å². The molecular formula is C15H23BrN2O. The summed E-state index contributed by atoms with van der Waals surface area (Å²) in [4.78, 5) is 11.9. The minimum absolute atomic E-state index is 0.0238. The highest BCUT2D eigenvalue weighted by Crippen LogP contribution is 2.18. The molecule has 0 spiro atoms. The number of hydrogen-bond acceptors (Lipinski definition) is 2. The molecular weight excluding hydrogens is 304 g/mol. The molecule has 0 saturated heterocycles. The summed E-state index contributed by atoms with van der Waals surface area (Å²) in [7, 11) is 0. The topological polar surface area (TPSA) is 41.1 Å². The summed E-state index contributed by atoms with van der Waals surface area (Å²) in [6.45, 7) is 10.5. The van der Waals surface area contributed by atoms with E-state index in [1.54, 1.807) is 0 Å². The van der Waals surface area contributed by atoms with E-state index in [-0.39, 0.29) is 17.5 Å². The van der Waals surface area contributed by atoms with Gasteiger partial charge in [0.2, 0.25) is 5.91 Å². The van der Waals surface area contributed by atoms with Crippen LogP contribution in [0.4, 0.5) is 0 Å². The van der Waals surface area contributed by atoms with Crippen LogP contribution >= 0.6 is 15.9 Å². The molecule has 1 rings (SSSR count). The molecule has 0 bridgehead atoms. The van der Waals surface area contributed by atoms with Gasteiger partial charge in [0.05, 0.1) is 6.04 Å². The standard InChI is InChI=1S/C15H23BrN2O/c1-10-6-7-12(13(16)8-10)9-17-11(2)14(19)18-15(3,4)5/h6-8,11,17H,9H2,1-5H3,(H,18,19). The van der Waals surface area contributed by atoms with E-state index in [0.29, 0.717) is 6.54 Å². The van der Waals surface area contributed by atoms with E-state index in [4.69, 9.17) is 0 Å². The van der Waals surface area contributed by atoms with E-state index in [9.17, 15) is 4.79 Å². The number of aryl methyl sites for hydroxylation is 1. The lowest BCUT2D eigenvalue weighted by molar-refractivity contribution is -0.124. The molecule has 0 fully saturated rings. The Morgan fingerprint density at radius 3 is 2.53 bits per heavy atom. The molecule has 0 aliphatic carbocycles. The molecule has 0 saturated carbocycles. The maximum absolute atomic E-state index is 11.9. The van der Waals surface area contributed by atoms with Gasteiger partial charge in [-0.05, 0) is 51.8 Å². The average molecular weight is 327 g/mol. The largest absolute Gasteiger partial charge is 0.350 e. The lowest BCUT2D eigenvalue weighted by atomic mass is 10.1. The van der Waals surface area contributed by atoms with Gasteiger partial charge < -0.3 is 10.6 Å². The Bertz CT molecular complexity index is 452. The van der Waals surface area contributed by atoms with Crippen LogP contribution in [-0.4, -0.2) is 17.5 Å². The number of hydrogen-bond donors (Lipinski definition) is 2. The second kappa shape index (κ2) is 6.53. The Hall–Kier alpha value is -0.870. The first-order chi connectivity index (χ1) is 8.69. The molecule has 0 aliphatic heterocycles. The van der Waals surface area contributed by atoms with Crippen molar-refractivity contribution in [2.45, 2.75) is 52.7 Å². The molecule has 0 aliphatic rings. The summed E-state index contributed by atoms with van der Waals surface area (Å²) < 4.78 is 1.07. The van der Waals surface area contributed by atoms with Gasteiger partial charge in [-0.25, -0.2) is 0 Å². The maximum Gasteiger partial charge on any atom is 0.237 e. The van der Waals surface area contributed by atoms with Gasteiger partial charge in [-0.15, -0.1) is 0 Å². The number of halogens is 1. The SMILES string of the molecule is Cc1ccc(CNC(C)C(=O)NC(C)(C)C)c(Br)c1. The van der Waals surface area contributed by atoms with Crippen LogP contribution in [0.25, 0.3) is 0 Å². The number of nitrogens with one attached hydrogen (secondary N) is 2. The normalized spacial score (nSPS) is 13.2. The van der Waals surface area contributed by atoms with Gasteiger partial charge in [0.1, 0.15) is 0 Å². The number of amides is 1. The molecule has 3 nitrogen and oxygen atoms in total. The first-order valence-electron chi connectivity index (χ1n) is 6.49. The summed E-state index contributed by atoms with van der Waals surface area (Å²) in [5, 5.41) is 6.21.